The van der Waals surface area contributed by atoms with Gasteiger partial charge in [0.05, 0.1) is 25.6 Å². The second-order valence-electron chi connectivity index (χ2n) is 6.98. The Kier molecular flexibility index (Phi) is 6.73. The fourth-order valence-corrected chi connectivity index (χ4v) is 3.60. The summed E-state index contributed by atoms with van der Waals surface area (Å²) < 4.78 is 13.0. The van der Waals surface area contributed by atoms with E-state index in [0.717, 1.165) is 59.2 Å². The zero-order chi connectivity index (χ0) is 20.8. The summed E-state index contributed by atoms with van der Waals surface area (Å²) in [7, 11) is 3.33. The van der Waals surface area contributed by atoms with Gasteiger partial charge in [0.15, 0.2) is 11.5 Å². The van der Waals surface area contributed by atoms with Gasteiger partial charge in [0.1, 0.15) is 0 Å². The summed E-state index contributed by atoms with van der Waals surface area (Å²) in [4.78, 5) is 0. The van der Waals surface area contributed by atoms with Crippen LogP contribution < -0.4 is 14.8 Å². The number of hydrogen-bond donors (Lipinski definition) is 1. The maximum absolute atomic E-state index is 5.52. The second-order valence-corrected chi connectivity index (χ2v) is 6.98. The van der Waals surface area contributed by atoms with E-state index in [1.807, 2.05) is 35.0 Å². The minimum atomic E-state index is 0.722. The van der Waals surface area contributed by atoms with E-state index < -0.39 is 0 Å². The molecule has 0 spiro atoms. The summed E-state index contributed by atoms with van der Waals surface area (Å²) in [5.74, 6) is 1.51. The molecule has 5 heteroatoms. The standard InChI is InChI=1S/C24H29N3O2/c1-6-10-20-13-19(14-23(28-4)24(20)29-5)15-25-16-22-17(2)26-27(18(22)3)21-11-8-7-9-12-21/h6-9,11-14,25H,1,10,15-16H2,2-5H3. The molecule has 0 fully saturated rings. The van der Waals surface area contributed by atoms with Crippen molar-refractivity contribution in [1.82, 2.24) is 15.1 Å². The molecule has 0 bridgehead atoms. The molecule has 1 N–H and O–H groups in total. The first-order valence-electron chi connectivity index (χ1n) is 9.75. The summed E-state index contributed by atoms with van der Waals surface area (Å²) >= 11 is 0. The monoisotopic (exact) mass is 391 g/mol. The van der Waals surface area contributed by atoms with Crippen molar-refractivity contribution in [3.05, 3.63) is 83.2 Å². The van der Waals surface area contributed by atoms with Gasteiger partial charge in [-0.1, -0.05) is 30.3 Å². The smallest absolute Gasteiger partial charge is 0.164 e. The Labute approximate surface area is 173 Å². The van der Waals surface area contributed by atoms with Crippen LogP contribution >= 0.6 is 0 Å². The van der Waals surface area contributed by atoms with E-state index in [-0.39, 0.29) is 0 Å². The van der Waals surface area contributed by atoms with E-state index in [9.17, 15) is 0 Å². The van der Waals surface area contributed by atoms with Gasteiger partial charge in [-0.15, -0.1) is 6.58 Å². The molecule has 0 saturated heterocycles. The Morgan fingerprint density at radius 2 is 1.83 bits per heavy atom. The number of nitrogens with zero attached hydrogens (tertiary/aromatic N) is 2. The molecular weight excluding hydrogens is 362 g/mol. The average Bonchev–Trinajstić information content (AvgIpc) is 3.02. The summed E-state index contributed by atoms with van der Waals surface area (Å²) in [5, 5.41) is 8.27. The zero-order valence-corrected chi connectivity index (χ0v) is 17.7. The normalized spacial score (nSPS) is 10.8. The quantitative estimate of drug-likeness (QED) is 0.545. The topological polar surface area (TPSA) is 48.3 Å². The predicted octanol–water partition coefficient (Wildman–Crippen LogP) is 4.52. The lowest BCUT2D eigenvalue weighted by Crippen LogP contribution is -2.14. The van der Waals surface area contributed by atoms with Crippen LogP contribution in [0.5, 0.6) is 11.5 Å². The maximum atomic E-state index is 5.52. The molecular formula is C24H29N3O2. The molecule has 1 aromatic heterocycles. The van der Waals surface area contributed by atoms with E-state index in [1.165, 1.54) is 5.56 Å². The van der Waals surface area contributed by atoms with Gasteiger partial charge in [-0.3, -0.25) is 0 Å². The van der Waals surface area contributed by atoms with Crippen LogP contribution in [0.3, 0.4) is 0 Å². The van der Waals surface area contributed by atoms with Gasteiger partial charge < -0.3 is 14.8 Å². The Hall–Kier alpha value is -3.05. The molecule has 3 rings (SSSR count). The van der Waals surface area contributed by atoms with Gasteiger partial charge in [-0.05, 0) is 44.0 Å². The molecule has 0 aliphatic carbocycles. The van der Waals surface area contributed by atoms with E-state index in [0.29, 0.717) is 0 Å². The van der Waals surface area contributed by atoms with Crippen molar-refractivity contribution in [2.24, 2.45) is 0 Å². The SMILES string of the molecule is C=CCc1cc(CNCc2c(C)nn(-c3ccccc3)c2C)cc(OC)c1OC. The van der Waals surface area contributed by atoms with E-state index in [2.05, 4.69) is 43.9 Å². The highest BCUT2D eigenvalue weighted by molar-refractivity contribution is 5.50. The van der Waals surface area contributed by atoms with Crippen molar-refractivity contribution >= 4 is 0 Å². The van der Waals surface area contributed by atoms with Gasteiger partial charge in [0.25, 0.3) is 0 Å². The van der Waals surface area contributed by atoms with Crippen LogP contribution in [0, 0.1) is 13.8 Å². The lowest BCUT2D eigenvalue weighted by Gasteiger charge is -2.15. The van der Waals surface area contributed by atoms with Gasteiger partial charge in [-0.25, -0.2) is 4.68 Å². The summed E-state index contributed by atoms with van der Waals surface area (Å²) in [6.07, 6.45) is 2.61. The predicted molar refractivity (Wildman–Crippen MR) is 117 cm³/mol. The molecule has 0 saturated carbocycles. The Bertz CT molecular complexity index is 978. The lowest BCUT2D eigenvalue weighted by atomic mass is 10.1. The first-order chi connectivity index (χ1) is 14.1. The van der Waals surface area contributed by atoms with Crippen molar-refractivity contribution in [3.63, 3.8) is 0 Å². The number of aromatic nitrogens is 2. The molecule has 0 amide bonds. The highest BCUT2D eigenvalue weighted by atomic mass is 16.5. The lowest BCUT2D eigenvalue weighted by molar-refractivity contribution is 0.351. The van der Waals surface area contributed by atoms with Crippen molar-refractivity contribution in [2.75, 3.05) is 14.2 Å². The zero-order valence-electron chi connectivity index (χ0n) is 17.7. The molecule has 0 atom stereocenters. The molecule has 0 aliphatic rings. The molecule has 152 valence electrons. The van der Waals surface area contributed by atoms with Crippen LogP contribution in [0.2, 0.25) is 0 Å². The number of hydrogen-bond acceptors (Lipinski definition) is 4. The Morgan fingerprint density at radius 1 is 1.07 bits per heavy atom. The first-order valence-corrected chi connectivity index (χ1v) is 9.75. The molecule has 5 nitrogen and oxygen atoms in total. The largest absolute Gasteiger partial charge is 0.493 e. The number of benzene rings is 2. The van der Waals surface area contributed by atoms with Crippen molar-refractivity contribution < 1.29 is 9.47 Å². The molecule has 0 unspecified atom stereocenters. The third kappa shape index (κ3) is 4.51. The van der Waals surface area contributed by atoms with Crippen LogP contribution in [0.15, 0.2) is 55.1 Å². The minimum absolute atomic E-state index is 0.722. The minimum Gasteiger partial charge on any atom is -0.493 e. The van der Waals surface area contributed by atoms with Crippen LogP contribution in [0.4, 0.5) is 0 Å². The fraction of sp³-hybridized carbons (Fsp3) is 0.292. The van der Waals surface area contributed by atoms with Crippen LogP contribution in [0.25, 0.3) is 5.69 Å². The fourth-order valence-electron chi connectivity index (χ4n) is 3.60. The van der Waals surface area contributed by atoms with E-state index in [1.54, 1.807) is 14.2 Å². The van der Waals surface area contributed by atoms with Crippen molar-refractivity contribution in [3.8, 4) is 17.2 Å². The molecule has 3 aromatic rings. The van der Waals surface area contributed by atoms with E-state index >= 15 is 0 Å². The molecule has 1 heterocycles. The van der Waals surface area contributed by atoms with E-state index in [4.69, 9.17) is 14.6 Å². The second kappa shape index (κ2) is 9.43. The molecule has 2 aromatic carbocycles. The third-order valence-electron chi connectivity index (χ3n) is 5.05. The number of para-hydroxylation sites is 1. The summed E-state index contributed by atoms with van der Waals surface area (Å²) in [5.41, 5.74) is 6.71. The van der Waals surface area contributed by atoms with Crippen LogP contribution in [-0.2, 0) is 19.5 Å². The van der Waals surface area contributed by atoms with Gasteiger partial charge in [0, 0.05) is 29.9 Å². The first kappa shape index (κ1) is 20.7. The molecule has 29 heavy (non-hydrogen) atoms. The van der Waals surface area contributed by atoms with Gasteiger partial charge in [-0.2, -0.15) is 5.10 Å². The number of allylic oxidation sites excluding steroid dienone is 1. The summed E-state index contributed by atoms with van der Waals surface area (Å²) in [6, 6.07) is 14.4. The number of ether oxygens (including phenoxy) is 2. The van der Waals surface area contributed by atoms with Crippen molar-refractivity contribution in [2.45, 2.75) is 33.4 Å². The Balaban J connectivity index is 1.76. The van der Waals surface area contributed by atoms with Gasteiger partial charge in [0.2, 0.25) is 0 Å². The highest BCUT2D eigenvalue weighted by Crippen LogP contribution is 2.33. The van der Waals surface area contributed by atoms with Crippen LogP contribution in [0.1, 0.15) is 28.1 Å². The Morgan fingerprint density at radius 3 is 2.48 bits per heavy atom. The highest BCUT2D eigenvalue weighted by Gasteiger charge is 2.14. The maximum Gasteiger partial charge on any atom is 0.164 e. The number of aryl methyl sites for hydroxylation is 1. The number of methoxy groups -OCH3 is 2. The third-order valence-corrected chi connectivity index (χ3v) is 5.05. The number of nitrogens with one attached hydrogen (secondary N) is 1. The summed E-state index contributed by atoms with van der Waals surface area (Å²) in [6.45, 7) is 9.48. The van der Waals surface area contributed by atoms with Crippen LogP contribution in [-0.4, -0.2) is 24.0 Å². The molecule has 0 aliphatic heterocycles. The van der Waals surface area contributed by atoms with Crippen molar-refractivity contribution in [1.29, 1.82) is 0 Å². The molecule has 0 radical (unpaired) electrons. The van der Waals surface area contributed by atoms with Gasteiger partial charge >= 0.3 is 0 Å². The average molecular weight is 392 g/mol. The number of rotatable bonds is 9.